The van der Waals surface area contributed by atoms with Crippen molar-refractivity contribution in [1.29, 1.82) is 0 Å². The van der Waals surface area contributed by atoms with Crippen LogP contribution >= 0.6 is 0 Å². The first-order valence-electron chi connectivity index (χ1n) is 10.3. The summed E-state index contributed by atoms with van der Waals surface area (Å²) < 4.78 is 39.2. The minimum atomic E-state index is -4.77. The second kappa shape index (κ2) is 13.1. The maximum absolute atomic E-state index is 11.9. The second-order valence-corrected chi connectivity index (χ2v) is 7.45. The molecule has 0 aromatic heterocycles. The lowest BCUT2D eigenvalue weighted by molar-refractivity contribution is -0.274. The summed E-state index contributed by atoms with van der Waals surface area (Å²) in [4.78, 5) is 32.5. The Morgan fingerprint density at radius 2 is 1.21 bits per heavy atom. The molecular weight excluding hydrogens is 445 g/mol. The quantitative estimate of drug-likeness (QED) is 0.377. The van der Waals surface area contributed by atoms with Crippen molar-refractivity contribution >= 4 is 17.3 Å². The molecule has 0 aliphatic carbocycles. The third-order valence-corrected chi connectivity index (χ3v) is 4.37. The van der Waals surface area contributed by atoms with Gasteiger partial charge in [-0.15, -0.1) is 13.2 Å². The number of hydrogen-bond acceptors (Lipinski definition) is 4. The first-order valence-corrected chi connectivity index (χ1v) is 10.3. The van der Waals surface area contributed by atoms with Crippen LogP contribution in [0.25, 0.3) is 0 Å². The summed E-state index contributed by atoms with van der Waals surface area (Å²) in [6.45, 7) is 8.31. The van der Waals surface area contributed by atoms with Crippen LogP contribution in [0.15, 0.2) is 72.8 Å². The van der Waals surface area contributed by atoms with Crippen LogP contribution in [0.5, 0.6) is 5.75 Å². The van der Waals surface area contributed by atoms with Gasteiger partial charge in [-0.3, -0.25) is 14.4 Å². The fourth-order valence-electron chi connectivity index (χ4n) is 2.62. The Kier molecular flexibility index (Phi) is 10.9. The van der Waals surface area contributed by atoms with E-state index >= 15 is 0 Å². The molecule has 3 aromatic rings. The molecule has 0 bridgehead atoms. The molecule has 0 saturated heterocycles. The van der Waals surface area contributed by atoms with Gasteiger partial charge in [0.05, 0.1) is 5.56 Å². The lowest BCUT2D eigenvalue weighted by atomic mass is 10.1. The molecule has 0 saturated carbocycles. The predicted octanol–water partition coefficient (Wildman–Crippen LogP) is 7.18. The van der Waals surface area contributed by atoms with Crippen LogP contribution in [0.2, 0.25) is 0 Å². The monoisotopic (exact) mass is 472 g/mol. The van der Waals surface area contributed by atoms with E-state index in [4.69, 9.17) is 0 Å². The van der Waals surface area contributed by atoms with Crippen LogP contribution in [0.4, 0.5) is 13.2 Å². The minimum Gasteiger partial charge on any atom is -0.405 e. The fourth-order valence-corrected chi connectivity index (χ4v) is 2.62. The van der Waals surface area contributed by atoms with E-state index in [1.807, 2.05) is 62.4 Å². The lowest BCUT2D eigenvalue weighted by Gasteiger charge is -2.10. The number of aryl methyl sites for hydroxylation is 2. The van der Waals surface area contributed by atoms with Gasteiger partial charge in [-0.25, -0.2) is 0 Å². The van der Waals surface area contributed by atoms with Crippen molar-refractivity contribution in [2.24, 2.45) is 0 Å². The molecule has 0 spiro atoms. The summed E-state index contributed by atoms with van der Waals surface area (Å²) >= 11 is 0. The van der Waals surface area contributed by atoms with Gasteiger partial charge in [0.2, 0.25) is 0 Å². The average molecular weight is 473 g/mol. The van der Waals surface area contributed by atoms with Gasteiger partial charge in [0, 0.05) is 11.1 Å². The van der Waals surface area contributed by atoms with Crippen LogP contribution in [0, 0.1) is 13.8 Å². The summed E-state index contributed by atoms with van der Waals surface area (Å²) in [5, 5.41) is 0. The number of carbonyl (C=O) groups excluding carboxylic acids is 3. The normalized spacial score (nSPS) is 10.1. The Morgan fingerprint density at radius 1 is 0.647 bits per heavy atom. The van der Waals surface area contributed by atoms with Crippen molar-refractivity contribution in [2.45, 2.75) is 41.0 Å². The maximum Gasteiger partial charge on any atom is 0.573 e. The Bertz CT molecular complexity index is 1120. The van der Waals surface area contributed by atoms with Crippen molar-refractivity contribution < 1.29 is 32.3 Å². The first-order chi connectivity index (χ1) is 15.8. The van der Waals surface area contributed by atoms with E-state index in [1.54, 1.807) is 13.8 Å². The van der Waals surface area contributed by atoms with Crippen molar-refractivity contribution in [3.63, 3.8) is 0 Å². The summed E-state index contributed by atoms with van der Waals surface area (Å²) in [7, 11) is 0. The van der Waals surface area contributed by atoms with Gasteiger partial charge in [-0.05, 0) is 52.8 Å². The van der Waals surface area contributed by atoms with Crippen LogP contribution in [-0.2, 0) is 0 Å². The van der Waals surface area contributed by atoms with Crippen LogP contribution in [0.1, 0.15) is 63.0 Å². The third kappa shape index (κ3) is 10.7. The van der Waals surface area contributed by atoms with Crippen LogP contribution < -0.4 is 4.74 Å². The van der Waals surface area contributed by atoms with Crippen LogP contribution in [0.3, 0.4) is 0 Å². The van der Waals surface area contributed by atoms with E-state index in [-0.39, 0.29) is 17.1 Å². The van der Waals surface area contributed by atoms with Gasteiger partial charge >= 0.3 is 6.36 Å². The summed E-state index contributed by atoms with van der Waals surface area (Å²) in [6, 6.07) is 20.4. The topological polar surface area (TPSA) is 60.4 Å². The molecule has 0 atom stereocenters. The molecule has 0 N–H and O–H groups in total. The fraction of sp³-hybridized carbons (Fsp3) is 0.222. The SMILES string of the molecule is CC(=O)c1ccc(C)cc1.CC(=O)c1cccc(C)c1.CC(=O)c1ccccc1OC(F)(F)F. The number of halogens is 3. The minimum absolute atomic E-state index is 0.0789. The zero-order chi connectivity index (χ0) is 25.9. The van der Waals surface area contributed by atoms with Crippen molar-refractivity contribution in [2.75, 3.05) is 0 Å². The van der Waals surface area contributed by atoms with E-state index in [9.17, 15) is 27.6 Å². The largest absolute Gasteiger partial charge is 0.573 e. The molecule has 0 radical (unpaired) electrons. The highest BCUT2D eigenvalue weighted by Crippen LogP contribution is 2.26. The van der Waals surface area contributed by atoms with Crippen LogP contribution in [-0.4, -0.2) is 23.7 Å². The van der Waals surface area contributed by atoms with Crippen molar-refractivity contribution in [3.8, 4) is 5.75 Å². The first kappa shape index (κ1) is 28.3. The Morgan fingerprint density at radius 3 is 1.65 bits per heavy atom. The smallest absolute Gasteiger partial charge is 0.405 e. The van der Waals surface area contributed by atoms with Gasteiger partial charge in [-0.1, -0.05) is 65.7 Å². The Hall–Kier alpha value is -3.74. The molecular formula is C27H27F3O4. The number of alkyl halides is 3. The molecule has 0 heterocycles. The highest BCUT2D eigenvalue weighted by molar-refractivity contribution is 5.96. The second-order valence-electron chi connectivity index (χ2n) is 7.45. The van der Waals surface area contributed by atoms with Gasteiger partial charge < -0.3 is 4.74 Å². The van der Waals surface area contributed by atoms with E-state index in [1.165, 1.54) is 30.7 Å². The molecule has 0 aliphatic heterocycles. The van der Waals surface area contributed by atoms with Crippen molar-refractivity contribution in [3.05, 3.63) is 101 Å². The van der Waals surface area contributed by atoms with E-state index in [0.717, 1.165) is 22.8 Å². The molecule has 34 heavy (non-hydrogen) atoms. The molecule has 3 aromatic carbocycles. The summed E-state index contributed by atoms with van der Waals surface area (Å²) in [5.74, 6) is -0.680. The molecule has 180 valence electrons. The zero-order valence-electron chi connectivity index (χ0n) is 19.7. The van der Waals surface area contributed by atoms with Crippen molar-refractivity contribution in [1.82, 2.24) is 0 Å². The number of rotatable bonds is 4. The highest BCUT2D eigenvalue weighted by atomic mass is 19.4. The Balaban J connectivity index is 0.000000261. The Labute approximate surface area is 197 Å². The van der Waals surface area contributed by atoms with E-state index in [2.05, 4.69) is 4.74 Å². The number of ether oxygens (including phenoxy) is 1. The lowest BCUT2D eigenvalue weighted by Crippen LogP contribution is -2.18. The van der Waals surface area contributed by atoms with E-state index < -0.39 is 17.9 Å². The number of ketones is 3. The molecule has 0 unspecified atom stereocenters. The molecule has 0 fully saturated rings. The number of para-hydroxylation sites is 1. The van der Waals surface area contributed by atoms with Gasteiger partial charge in [0.25, 0.3) is 0 Å². The third-order valence-electron chi connectivity index (χ3n) is 4.37. The van der Waals surface area contributed by atoms with Gasteiger partial charge in [0.15, 0.2) is 17.3 Å². The average Bonchev–Trinajstić information content (AvgIpc) is 2.74. The maximum atomic E-state index is 11.9. The highest BCUT2D eigenvalue weighted by Gasteiger charge is 2.32. The molecule has 0 amide bonds. The molecule has 0 aliphatic rings. The predicted molar refractivity (Wildman–Crippen MR) is 125 cm³/mol. The van der Waals surface area contributed by atoms with E-state index in [0.29, 0.717) is 0 Å². The summed E-state index contributed by atoms with van der Waals surface area (Å²) in [5.41, 5.74) is 3.81. The standard InChI is InChI=1S/C9H7F3O2.2C9H10O/c1-6(13)7-4-2-3-5-8(7)14-9(10,11)12;1-7-3-5-9(6-4-7)8(2)10;1-7-4-3-5-9(6-7)8(2)10/h2-5H,1H3;2*3-6H,1-2H3. The van der Waals surface area contributed by atoms with Gasteiger partial charge in [-0.2, -0.15) is 0 Å². The van der Waals surface area contributed by atoms with Gasteiger partial charge in [0.1, 0.15) is 5.75 Å². The zero-order valence-corrected chi connectivity index (χ0v) is 19.7. The molecule has 3 rings (SSSR count). The number of Topliss-reactive ketones (excluding diaryl/α,β-unsaturated/α-hetero) is 3. The summed E-state index contributed by atoms with van der Waals surface area (Å²) in [6.07, 6.45) is -4.77. The molecule has 4 nitrogen and oxygen atoms in total. The number of hydrogen-bond donors (Lipinski definition) is 0. The number of carbonyl (C=O) groups is 3. The molecule has 7 heteroatoms. The number of benzene rings is 3.